The molecule has 0 aliphatic rings. The Morgan fingerprint density at radius 2 is 2.10 bits per heavy atom. The minimum atomic E-state index is 0.384. The van der Waals surface area contributed by atoms with Gasteiger partial charge in [0.25, 0.3) is 0 Å². The summed E-state index contributed by atoms with van der Waals surface area (Å²) in [6.45, 7) is 3.99. The van der Waals surface area contributed by atoms with Crippen molar-refractivity contribution in [2.75, 3.05) is 6.54 Å². The Balaban J connectivity index is 2.05. The molecule has 6 heteroatoms. The van der Waals surface area contributed by atoms with Crippen molar-refractivity contribution >= 4 is 39.1 Å². The third-order valence-corrected chi connectivity index (χ3v) is 4.22. The topological polar surface area (TPSA) is 34.4 Å². The summed E-state index contributed by atoms with van der Waals surface area (Å²) in [6, 6.07) is 5.30. The fourth-order valence-corrected chi connectivity index (χ4v) is 2.51. The number of benzene rings is 1. The van der Waals surface area contributed by atoms with Gasteiger partial charge < -0.3 is 14.5 Å². The Kier molecular flexibility index (Phi) is 5.78. The van der Waals surface area contributed by atoms with Crippen LogP contribution in [-0.4, -0.2) is 6.54 Å². The van der Waals surface area contributed by atoms with Gasteiger partial charge in [0.1, 0.15) is 18.1 Å². The highest BCUT2D eigenvalue weighted by molar-refractivity contribution is 9.10. The molecule has 2 rings (SSSR count). The number of hydrogen-bond donors (Lipinski definition) is 1. The number of rotatable bonds is 6. The highest BCUT2D eigenvalue weighted by Gasteiger charge is 2.10. The van der Waals surface area contributed by atoms with Crippen LogP contribution in [0.2, 0.25) is 10.0 Å². The predicted octanol–water partition coefficient (Wildman–Crippen LogP) is 5.04. The van der Waals surface area contributed by atoms with Crippen molar-refractivity contribution in [1.29, 1.82) is 0 Å². The van der Waals surface area contributed by atoms with E-state index in [1.165, 1.54) is 0 Å². The maximum Gasteiger partial charge on any atom is 0.139 e. The lowest BCUT2D eigenvalue weighted by Gasteiger charge is -2.09. The largest absolute Gasteiger partial charge is 0.487 e. The van der Waals surface area contributed by atoms with Crippen LogP contribution in [0, 0.1) is 0 Å². The second-order valence-corrected chi connectivity index (χ2v) is 5.80. The van der Waals surface area contributed by atoms with Gasteiger partial charge in [-0.05, 0) is 34.6 Å². The average molecular weight is 379 g/mol. The van der Waals surface area contributed by atoms with Crippen molar-refractivity contribution in [3.8, 4) is 5.75 Å². The standard InChI is InChI=1S/C14H14BrCl2NO2/c1-2-18-7-14-9(3-4-19-14)8-20-13-6-11(16)10(15)5-12(13)17/h3-6,18H,2,7-8H2,1H3. The van der Waals surface area contributed by atoms with Crippen LogP contribution in [-0.2, 0) is 13.2 Å². The SMILES string of the molecule is CCNCc1occc1COc1cc(Cl)c(Br)cc1Cl. The molecule has 0 aliphatic heterocycles. The number of halogens is 3. The Morgan fingerprint density at radius 3 is 2.85 bits per heavy atom. The highest BCUT2D eigenvalue weighted by atomic mass is 79.9. The zero-order valence-electron chi connectivity index (χ0n) is 10.9. The summed E-state index contributed by atoms with van der Waals surface area (Å²) in [5.41, 5.74) is 0.987. The van der Waals surface area contributed by atoms with Crippen molar-refractivity contribution in [3.05, 3.63) is 50.3 Å². The van der Waals surface area contributed by atoms with E-state index in [4.69, 9.17) is 32.4 Å². The van der Waals surface area contributed by atoms with E-state index in [1.54, 1.807) is 18.4 Å². The molecule has 1 aromatic carbocycles. The Hall–Kier alpha value is -0.680. The smallest absolute Gasteiger partial charge is 0.139 e. The molecule has 1 aromatic heterocycles. The monoisotopic (exact) mass is 377 g/mol. The summed E-state index contributed by atoms with van der Waals surface area (Å²) in [7, 11) is 0. The minimum Gasteiger partial charge on any atom is -0.487 e. The van der Waals surface area contributed by atoms with Gasteiger partial charge in [-0.1, -0.05) is 30.1 Å². The van der Waals surface area contributed by atoms with E-state index in [9.17, 15) is 0 Å². The van der Waals surface area contributed by atoms with Gasteiger partial charge in [-0.2, -0.15) is 0 Å². The van der Waals surface area contributed by atoms with Crippen LogP contribution in [0.4, 0.5) is 0 Å². The molecule has 0 bridgehead atoms. The van der Waals surface area contributed by atoms with Crippen LogP contribution in [0.3, 0.4) is 0 Å². The zero-order chi connectivity index (χ0) is 14.5. The average Bonchev–Trinajstić information content (AvgIpc) is 2.86. The second kappa shape index (κ2) is 7.36. The molecule has 108 valence electrons. The lowest BCUT2D eigenvalue weighted by molar-refractivity contribution is 0.301. The van der Waals surface area contributed by atoms with Crippen LogP contribution < -0.4 is 10.1 Å². The maximum absolute atomic E-state index is 6.12. The van der Waals surface area contributed by atoms with E-state index >= 15 is 0 Å². The van der Waals surface area contributed by atoms with Gasteiger partial charge in [0.05, 0.1) is 22.9 Å². The quantitative estimate of drug-likeness (QED) is 0.715. The first-order valence-electron chi connectivity index (χ1n) is 6.15. The molecule has 0 radical (unpaired) electrons. The first-order chi connectivity index (χ1) is 9.61. The second-order valence-electron chi connectivity index (χ2n) is 4.13. The minimum absolute atomic E-state index is 0.384. The predicted molar refractivity (Wildman–Crippen MR) is 84.6 cm³/mol. The molecule has 0 saturated carbocycles. The number of furan rings is 1. The lowest BCUT2D eigenvalue weighted by atomic mass is 10.2. The Morgan fingerprint density at radius 1 is 1.30 bits per heavy atom. The number of hydrogen-bond acceptors (Lipinski definition) is 3. The first kappa shape index (κ1) is 15.7. The summed E-state index contributed by atoms with van der Waals surface area (Å²) >= 11 is 15.5. The van der Waals surface area contributed by atoms with Crippen LogP contribution in [0.5, 0.6) is 5.75 Å². The third kappa shape index (κ3) is 3.92. The summed E-state index contributed by atoms with van der Waals surface area (Å²) in [5.74, 6) is 1.42. The molecule has 2 aromatic rings. The van der Waals surface area contributed by atoms with E-state index in [0.29, 0.717) is 28.9 Å². The summed E-state index contributed by atoms with van der Waals surface area (Å²) in [4.78, 5) is 0. The molecule has 1 heterocycles. The molecule has 0 unspecified atom stereocenters. The van der Waals surface area contributed by atoms with Crippen molar-refractivity contribution in [2.24, 2.45) is 0 Å². The molecule has 0 fully saturated rings. The van der Waals surface area contributed by atoms with E-state index in [2.05, 4.69) is 21.2 Å². The highest BCUT2D eigenvalue weighted by Crippen LogP contribution is 2.34. The van der Waals surface area contributed by atoms with E-state index in [0.717, 1.165) is 22.3 Å². The van der Waals surface area contributed by atoms with Gasteiger partial charge in [-0.3, -0.25) is 0 Å². The Labute approximate surface area is 136 Å². The summed E-state index contributed by atoms with van der Waals surface area (Å²) in [6.07, 6.45) is 1.65. The van der Waals surface area contributed by atoms with Gasteiger partial charge in [0.15, 0.2) is 0 Å². The maximum atomic E-state index is 6.12. The van der Waals surface area contributed by atoms with E-state index < -0.39 is 0 Å². The third-order valence-electron chi connectivity index (χ3n) is 2.73. The molecule has 0 amide bonds. The fraction of sp³-hybridized carbons (Fsp3) is 0.286. The van der Waals surface area contributed by atoms with Crippen LogP contribution in [0.1, 0.15) is 18.2 Å². The van der Waals surface area contributed by atoms with Crippen molar-refractivity contribution in [3.63, 3.8) is 0 Å². The number of ether oxygens (including phenoxy) is 1. The van der Waals surface area contributed by atoms with Crippen LogP contribution in [0.25, 0.3) is 0 Å². The molecule has 0 spiro atoms. The normalized spacial score (nSPS) is 10.8. The Bertz CT molecular complexity index is 587. The first-order valence-corrected chi connectivity index (χ1v) is 7.70. The summed E-state index contributed by atoms with van der Waals surface area (Å²) < 4.78 is 11.9. The summed E-state index contributed by atoms with van der Waals surface area (Å²) in [5, 5.41) is 4.29. The molecule has 0 saturated heterocycles. The molecule has 1 N–H and O–H groups in total. The zero-order valence-corrected chi connectivity index (χ0v) is 14.0. The lowest BCUT2D eigenvalue weighted by Crippen LogP contribution is -2.12. The molecule has 0 atom stereocenters. The molecular weight excluding hydrogens is 365 g/mol. The van der Waals surface area contributed by atoms with Gasteiger partial charge in [0.2, 0.25) is 0 Å². The van der Waals surface area contributed by atoms with Gasteiger partial charge in [-0.15, -0.1) is 0 Å². The van der Waals surface area contributed by atoms with Gasteiger partial charge in [0, 0.05) is 16.1 Å². The van der Waals surface area contributed by atoms with Crippen molar-refractivity contribution < 1.29 is 9.15 Å². The van der Waals surface area contributed by atoms with Gasteiger partial charge >= 0.3 is 0 Å². The fourth-order valence-electron chi connectivity index (χ4n) is 1.66. The molecular formula is C14H14BrCl2NO2. The van der Waals surface area contributed by atoms with Gasteiger partial charge in [-0.25, -0.2) is 0 Å². The van der Waals surface area contributed by atoms with E-state index in [1.807, 2.05) is 13.0 Å². The molecule has 3 nitrogen and oxygen atoms in total. The van der Waals surface area contributed by atoms with Crippen molar-refractivity contribution in [1.82, 2.24) is 5.32 Å². The van der Waals surface area contributed by atoms with Crippen LogP contribution in [0.15, 0.2) is 33.4 Å². The van der Waals surface area contributed by atoms with Crippen molar-refractivity contribution in [2.45, 2.75) is 20.1 Å². The number of nitrogens with one attached hydrogen (secondary N) is 1. The van der Waals surface area contributed by atoms with E-state index in [-0.39, 0.29) is 0 Å². The van der Waals surface area contributed by atoms with Crippen LogP contribution >= 0.6 is 39.1 Å². The molecule has 20 heavy (non-hydrogen) atoms. The molecule has 0 aliphatic carbocycles.